The zero-order valence-electron chi connectivity index (χ0n) is 23.9. The summed E-state index contributed by atoms with van der Waals surface area (Å²) in [6.45, 7) is 6.62. The number of hydrogen-bond acceptors (Lipinski definition) is 4. The van der Waals surface area contributed by atoms with Crippen molar-refractivity contribution in [2.24, 2.45) is 0 Å². The molecule has 5 aromatic rings. The molecule has 2 aromatic heterocycles. The van der Waals surface area contributed by atoms with Gasteiger partial charge in [-0.15, -0.1) is 0 Å². The van der Waals surface area contributed by atoms with Crippen molar-refractivity contribution in [3.8, 4) is 16.9 Å². The van der Waals surface area contributed by atoms with Gasteiger partial charge in [0.25, 0.3) is 0 Å². The third-order valence-electron chi connectivity index (χ3n) is 7.53. The Morgan fingerprint density at radius 1 is 0.976 bits per heavy atom. The van der Waals surface area contributed by atoms with E-state index in [1.165, 1.54) is 0 Å². The highest BCUT2D eigenvalue weighted by molar-refractivity contribution is 5.96. The largest absolute Gasteiger partial charge is 0.491 e. The average molecular weight is 551 g/mol. The van der Waals surface area contributed by atoms with Crippen molar-refractivity contribution >= 4 is 17.0 Å². The Morgan fingerprint density at radius 2 is 1.80 bits per heavy atom. The summed E-state index contributed by atoms with van der Waals surface area (Å²) in [6.07, 6.45) is 11.9. The Labute approximate surface area is 241 Å². The van der Waals surface area contributed by atoms with Crippen molar-refractivity contribution in [3.05, 3.63) is 102 Å². The molecule has 5 rings (SSSR count). The van der Waals surface area contributed by atoms with Gasteiger partial charge in [0.05, 0.1) is 24.0 Å². The number of ether oxygens (including phenoxy) is 1. The lowest BCUT2D eigenvalue weighted by atomic mass is 9.98. The summed E-state index contributed by atoms with van der Waals surface area (Å²) in [5, 5.41) is 9.62. The number of unbranched alkanes of at least 4 members (excludes halogenated alkanes) is 3. The van der Waals surface area contributed by atoms with Crippen LogP contribution in [0.15, 0.2) is 79.4 Å². The van der Waals surface area contributed by atoms with Gasteiger partial charge in [0.1, 0.15) is 17.1 Å². The van der Waals surface area contributed by atoms with Crippen LogP contribution in [0.1, 0.15) is 66.3 Å². The fraction of sp³-hybridized carbons (Fsp3) is 0.324. The smallest absolute Gasteiger partial charge is 0.336 e. The number of aromatic carboxylic acids is 1. The van der Waals surface area contributed by atoms with E-state index in [4.69, 9.17) is 9.72 Å². The number of rotatable bonds is 14. The van der Waals surface area contributed by atoms with Crippen molar-refractivity contribution in [1.82, 2.24) is 19.1 Å². The molecule has 0 saturated heterocycles. The molecule has 0 atom stereocenters. The molecular weight excluding hydrogens is 512 g/mol. The quantitative estimate of drug-likeness (QED) is 0.144. The average Bonchev–Trinajstić information content (AvgIpc) is 3.64. The molecule has 7 heteroatoms. The summed E-state index contributed by atoms with van der Waals surface area (Å²) in [6, 6.07) is 19.5. The minimum absolute atomic E-state index is 0.307. The highest BCUT2D eigenvalue weighted by Gasteiger charge is 2.18. The molecule has 0 radical (unpaired) electrons. The third-order valence-corrected chi connectivity index (χ3v) is 7.53. The van der Waals surface area contributed by atoms with Crippen LogP contribution in [0.2, 0.25) is 0 Å². The molecule has 3 aromatic carbocycles. The van der Waals surface area contributed by atoms with Crippen molar-refractivity contribution < 1.29 is 14.6 Å². The molecule has 0 bridgehead atoms. The second-order valence-electron chi connectivity index (χ2n) is 10.6. The number of hydrogen-bond donors (Lipinski definition) is 1. The van der Waals surface area contributed by atoms with Gasteiger partial charge in [-0.25, -0.2) is 14.8 Å². The summed E-state index contributed by atoms with van der Waals surface area (Å²) in [5.41, 5.74) is 6.24. The molecule has 1 N–H and O–H groups in total. The molecule has 0 fully saturated rings. The lowest BCUT2D eigenvalue weighted by Crippen LogP contribution is -2.07. The highest BCUT2D eigenvalue weighted by Crippen LogP contribution is 2.32. The molecular formula is C34H38N4O3. The van der Waals surface area contributed by atoms with Crippen LogP contribution in [0, 0.1) is 6.92 Å². The summed E-state index contributed by atoms with van der Waals surface area (Å²) < 4.78 is 10.8. The maximum atomic E-state index is 11.7. The fourth-order valence-corrected chi connectivity index (χ4v) is 5.26. The number of fused-ring (bicyclic) bond motifs is 1. The number of aryl methyl sites for hydroxylation is 3. The van der Waals surface area contributed by atoms with Gasteiger partial charge in [-0.3, -0.25) is 0 Å². The van der Waals surface area contributed by atoms with E-state index in [0.29, 0.717) is 18.7 Å². The first-order valence-electron chi connectivity index (χ1n) is 14.5. The van der Waals surface area contributed by atoms with E-state index in [2.05, 4.69) is 52.2 Å². The summed E-state index contributed by atoms with van der Waals surface area (Å²) in [5.74, 6) is 1.03. The maximum Gasteiger partial charge on any atom is 0.336 e. The van der Waals surface area contributed by atoms with Gasteiger partial charge in [0.15, 0.2) is 0 Å². The maximum absolute atomic E-state index is 11.7. The Bertz CT molecular complexity index is 1590. The normalized spacial score (nSPS) is 11.3. The number of benzene rings is 3. The Hall–Kier alpha value is -4.39. The second kappa shape index (κ2) is 13.3. The van der Waals surface area contributed by atoms with Crippen molar-refractivity contribution in [1.29, 1.82) is 0 Å². The number of aromatic nitrogens is 4. The van der Waals surface area contributed by atoms with Crippen LogP contribution >= 0.6 is 0 Å². The number of carboxylic acids is 1. The molecule has 0 aliphatic carbocycles. The molecule has 212 valence electrons. The van der Waals surface area contributed by atoms with E-state index in [1.807, 2.05) is 43.0 Å². The van der Waals surface area contributed by atoms with Gasteiger partial charge in [0, 0.05) is 31.9 Å². The Balaban J connectivity index is 1.37. The zero-order chi connectivity index (χ0) is 28.6. The van der Waals surface area contributed by atoms with Crippen LogP contribution < -0.4 is 4.74 Å². The molecule has 0 unspecified atom stereocenters. The SMILES string of the molecule is CCCCc1nc2c(C)ccc(OCCCCCn3ccnc3)c2n1Cc1ccc(-c2ccccc2C(=O)O)cc1. The molecule has 7 nitrogen and oxygen atoms in total. The lowest BCUT2D eigenvalue weighted by molar-refractivity contribution is 0.0697. The van der Waals surface area contributed by atoms with Crippen molar-refractivity contribution in [2.75, 3.05) is 6.61 Å². The van der Waals surface area contributed by atoms with Crippen LogP contribution in [-0.4, -0.2) is 36.8 Å². The molecule has 41 heavy (non-hydrogen) atoms. The minimum Gasteiger partial charge on any atom is -0.491 e. The topological polar surface area (TPSA) is 82.2 Å². The molecule has 2 heterocycles. The lowest BCUT2D eigenvalue weighted by Gasteiger charge is -2.14. The van der Waals surface area contributed by atoms with E-state index in [0.717, 1.165) is 89.9 Å². The van der Waals surface area contributed by atoms with E-state index in [1.54, 1.807) is 12.1 Å². The first-order valence-corrected chi connectivity index (χ1v) is 14.5. The molecule has 0 saturated carbocycles. The molecule has 0 aliphatic rings. The van der Waals surface area contributed by atoms with Crippen molar-refractivity contribution in [3.63, 3.8) is 0 Å². The summed E-state index contributed by atoms with van der Waals surface area (Å²) in [4.78, 5) is 20.9. The van der Waals surface area contributed by atoms with Gasteiger partial charge in [-0.2, -0.15) is 0 Å². The fourth-order valence-electron chi connectivity index (χ4n) is 5.26. The van der Waals surface area contributed by atoms with Crippen LogP contribution in [0.25, 0.3) is 22.2 Å². The van der Waals surface area contributed by atoms with E-state index < -0.39 is 5.97 Å². The van der Waals surface area contributed by atoms with Crippen LogP contribution in [0.5, 0.6) is 5.75 Å². The van der Waals surface area contributed by atoms with Gasteiger partial charge < -0.3 is 19.0 Å². The minimum atomic E-state index is -0.920. The van der Waals surface area contributed by atoms with Gasteiger partial charge in [-0.1, -0.05) is 61.9 Å². The van der Waals surface area contributed by atoms with Gasteiger partial charge >= 0.3 is 5.97 Å². The predicted octanol–water partition coefficient (Wildman–Crippen LogP) is 7.55. The number of carbonyl (C=O) groups is 1. The van der Waals surface area contributed by atoms with E-state index in [9.17, 15) is 9.90 Å². The Kier molecular flexibility index (Phi) is 9.14. The standard InChI is InChI=1S/C34H38N4O3/c1-3-4-12-31-36-32-25(2)13-18-30(41-22-9-5-8-20-37-21-19-35-24-37)33(32)38(31)23-26-14-16-27(17-15-26)28-10-6-7-11-29(28)34(39)40/h6-7,10-11,13-19,21,24H,3-5,8-9,12,20,22-23H2,1-2H3,(H,39,40). The van der Waals surface area contributed by atoms with Gasteiger partial charge in [0.2, 0.25) is 0 Å². The second-order valence-corrected chi connectivity index (χ2v) is 10.6. The summed E-state index contributed by atoms with van der Waals surface area (Å²) in [7, 11) is 0. The monoisotopic (exact) mass is 550 g/mol. The van der Waals surface area contributed by atoms with Crippen molar-refractivity contribution in [2.45, 2.75) is 65.5 Å². The predicted molar refractivity (Wildman–Crippen MR) is 163 cm³/mol. The van der Waals surface area contributed by atoms with E-state index in [-0.39, 0.29) is 0 Å². The van der Waals surface area contributed by atoms with Crippen LogP contribution in [0.3, 0.4) is 0 Å². The molecule has 0 spiro atoms. The first kappa shape index (κ1) is 28.1. The summed E-state index contributed by atoms with van der Waals surface area (Å²) >= 11 is 0. The number of carboxylic acid groups (broad SMARTS) is 1. The Morgan fingerprint density at radius 3 is 2.56 bits per heavy atom. The van der Waals surface area contributed by atoms with Crippen LogP contribution in [0.4, 0.5) is 0 Å². The third kappa shape index (κ3) is 6.68. The molecule has 0 amide bonds. The zero-order valence-corrected chi connectivity index (χ0v) is 23.9. The number of nitrogens with zero attached hydrogens (tertiary/aromatic N) is 4. The number of imidazole rings is 2. The van der Waals surface area contributed by atoms with Gasteiger partial charge in [-0.05, 0) is 67.0 Å². The first-order chi connectivity index (χ1) is 20.0. The van der Waals surface area contributed by atoms with E-state index >= 15 is 0 Å². The highest BCUT2D eigenvalue weighted by atomic mass is 16.5. The molecule has 0 aliphatic heterocycles. The van der Waals surface area contributed by atoms with Crippen LogP contribution in [-0.2, 0) is 19.5 Å².